The van der Waals surface area contributed by atoms with Gasteiger partial charge >= 0.3 is 6.85 Å². The van der Waals surface area contributed by atoms with Gasteiger partial charge in [0.15, 0.2) is 11.8 Å². The molecule has 106 valence electrons. The van der Waals surface area contributed by atoms with Gasteiger partial charge in [-0.25, -0.2) is 4.57 Å². The Bertz CT molecular complexity index is 780. The van der Waals surface area contributed by atoms with Gasteiger partial charge in [0.05, 0.1) is 0 Å². The van der Waals surface area contributed by atoms with E-state index in [9.17, 15) is 0 Å². The van der Waals surface area contributed by atoms with Crippen molar-refractivity contribution >= 4 is 24.6 Å². The summed E-state index contributed by atoms with van der Waals surface area (Å²) in [4.78, 5) is 2.29. The molecule has 0 unspecified atom stereocenters. The number of hydrogen-bond donors (Lipinski definition) is 0. The highest BCUT2D eigenvalue weighted by molar-refractivity contribution is 6.82. The zero-order chi connectivity index (χ0) is 15.0. The average Bonchev–Trinajstić information content (AvgIpc) is 2.47. The van der Waals surface area contributed by atoms with Crippen LogP contribution in [-0.2, 0) is 7.05 Å². The molecule has 1 aliphatic rings. The van der Waals surface area contributed by atoms with Crippen molar-refractivity contribution in [2.24, 2.45) is 7.05 Å². The van der Waals surface area contributed by atoms with E-state index in [2.05, 4.69) is 92.1 Å². The molecule has 2 heterocycles. The molecule has 0 N–H and O–H groups in total. The minimum Gasteiger partial charge on any atom is -0.411 e. The number of hydrogen-bond acceptors (Lipinski definition) is 1. The molecule has 0 saturated heterocycles. The third kappa shape index (κ3) is 2.60. The van der Waals surface area contributed by atoms with Crippen LogP contribution in [0.3, 0.4) is 0 Å². The maximum atomic E-state index is 2.36. The van der Waals surface area contributed by atoms with Crippen molar-refractivity contribution < 1.29 is 4.57 Å². The van der Waals surface area contributed by atoms with Crippen molar-refractivity contribution in [3.05, 3.63) is 58.6 Å². The van der Waals surface area contributed by atoms with E-state index in [4.69, 9.17) is 0 Å². The molecular weight excluding hydrogens is 255 g/mol. The minimum atomic E-state index is 0.281. The Kier molecular flexibility index (Phi) is 3.58. The van der Waals surface area contributed by atoms with E-state index in [1.54, 1.807) is 0 Å². The van der Waals surface area contributed by atoms with Crippen LogP contribution in [0.4, 0.5) is 0 Å². The maximum Gasteiger partial charge on any atom is 0.396 e. The summed E-state index contributed by atoms with van der Waals surface area (Å²) in [5, 5.41) is 2.61. The van der Waals surface area contributed by atoms with Crippen LogP contribution in [-0.4, -0.2) is 18.7 Å². The first-order chi connectivity index (χ1) is 10.1. The highest BCUT2D eigenvalue weighted by Crippen LogP contribution is 2.11. The molecule has 2 nitrogen and oxygen atoms in total. The van der Waals surface area contributed by atoms with E-state index >= 15 is 0 Å². The summed E-state index contributed by atoms with van der Waals surface area (Å²) < 4.78 is 2.23. The van der Waals surface area contributed by atoms with Crippen LogP contribution in [0.2, 0.25) is 0 Å². The van der Waals surface area contributed by atoms with Crippen molar-refractivity contribution in [1.29, 1.82) is 0 Å². The first-order valence-electron chi connectivity index (χ1n) is 7.56. The molecule has 0 amide bonds. The zero-order valence-corrected chi connectivity index (χ0v) is 13.2. The van der Waals surface area contributed by atoms with Gasteiger partial charge in [-0.3, -0.25) is 0 Å². The van der Waals surface area contributed by atoms with Crippen LogP contribution in [0.15, 0.2) is 42.6 Å². The third-order valence-corrected chi connectivity index (χ3v) is 4.30. The Morgan fingerprint density at radius 3 is 2.52 bits per heavy atom. The lowest BCUT2D eigenvalue weighted by Gasteiger charge is -2.22. The van der Waals surface area contributed by atoms with E-state index < -0.39 is 0 Å². The number of rotatable bonds is 2. The van der Waals surface area contributed by atoms with E-state index in [1.165, 1.54) is 21.6 Å². The molecule has 1 aliphatic heterocycles. The molecule has 1 aromatic heterocycles. The molecule has 0 saturated carbocycles. The molecule has 21 heavy (non-hydrogen) atoms. The third-order valence-electron chi connectivity index (χ3n) is 4.30. The summed E-state index contributed by atoms with van der Waals surface area (Å²) >= 11 is 0. The van der Waals surface area contributed by atoms with Gasteiger partial charge in [0, 0.05) is 12.1 Å². The van der Waals surface area contributed by atoms with Crippen LogP contribution < -0.4 is 20.6 Å². The summed E-state index contributed by atoms with van der Waals surface area (Å²) in [6, 6.07) is 13.1. The zero-order valence-electron chi connectivity index (χ0n) is 13.2. The fraction of sp³-hybridized carbons (Fsp3) is 0.278. The monoisotopic (exact) mass is 277 g/mol. The number of benzene rings is 1. The second-order valence-corrected chi connectivity index (χ2v) is 6.19. The van der Waals surface area contributed by atoms with Crippen molar-refractivity contribution in [2.75, 3.05) is 7.05 Å². The first-order valence-corrected chi connectivity index (χ1v) is 7.56. The number of nitrogens with zero attached hydrogens (tertiary/aromatic N) is 2. The van der Waals surface area contributed by atoms with Gasteiger partial charge in [-0.15, -0.1) is 0 Å². The Labute approximate surface area is 127 Å². The summed E-state index contributed by atoms with van der Waals surface area (Å²) in [5.74, 6) is 2.91. The van der Waals surface area contributed by atoms with Crippen molar-refractivity contribution in [3.63, 3.8) is 0 Å². The summed E-state index contributed by atoms with van der Waals surface area (Å²) in [7, 11) is 4.28. The summed E-state index contributed by atoms with van der Waals surface area (Å²) in [5.41, 5.74) is 2.72. The molecular formula is C18H22BN2+. The van der Waals surface area contributed by atoms with Gasteiger partial charge in [-0.2, -0.15) is 0 Å². The topological polar surface area (TPSA) is 7.12 Å². The predicted octanol–water partition coefficient (Wildman–Crippen LogP) is 0.536. The Hall–Kier alpha value is -2.03. The lowest BCUT2D eigenvalue weighted by Crippen LogP contribution is -2.61. The maximum absolute atomic E-state index is 2.36. The van der Waals surface area contributed by atoms with Crippen LogP contribution in [0.1, 0.15) is 25.3 Å². The SMILES string of the molecule is CC(C)c1cc[n+](C)c(B2C=c3ccccc3=CN2C)c1. The van der Waals surface area contributed by atoms with Gasteiger partial charge in [0.25, 0.3) is 0 Å². The van der Waals surface area contributed by atoms with Crippen molar-refractivity contribution in [1.82, 2.24) is 4.81 Å². The summed E-state index contributed by atoms with van der Waals surface area (Å²) in [6.07, 6.45) is 4.41. The smallest absolute Gasteiger partial charge is 0.396 e. The molecule has 0 atom stereocenters. The van der Waals surface area contributed by atoms with Crippen LogP contribution in [0, 0.1) is 0 Å². The van der Waals surface area contributed by atoms with E-state index in [0.29, 0.717) is 5.92 Å². The summed E-state index contributed by atoms with van der Waals surface area (Å²) in [6.45, 7) is 4.77. The molecule has 3 rings (SSSR count). The second-order valence-electron chi connectivity index (χ2n) is 6.19. The Morgan fingerprint density at radius 1 is 1.10 bits per heavy atom. The number of fused-ring (bicyclic) bond motifs is 1. The minimum absolute atomic E-state index is 0.281. The molecule has 0 aliphatic carbocycles. The van der Waals surface area contributed by atoms with Crippen LogP contribution in [0.5, 0.6) is 0 Å². The van der Waals surface area contributed by atoms with Crippen molar-refractivity contribution in [3.8, 4) is 0 Å². The Morgan fingerprint density at radius 2 is 1.81 bits per heavy atom. The molecule has 3 heteroatoms. The lowest BCUT2D eigenvalue weighted by atomic mass is 9.55. The lowest BCUT2D eigenvalue weighted by molar-refractivity contribution is -0.654. The largest absolute Gasteiger partial charge is 0.411 e. The quantitative estimate of drug-likeness (QED) is 0.574. The average molecular weight is 277 g/mol. The predicted molar refractivity (Wildman–Crippen MR) is 89.5 cm³/mol. The molecule has 0 radical (unpaired) electrons. The fourth-order valence-corrected chi connectivity index (χ4v) is 2.92. The molecule has 0 spiro atoms. The highest BCUT2D eigenvalue weighted by Gasteiger charge is 2.29. The van der Waals surface area contributed by atoms with Gasteiger partial charge < -0.3 is 4.81 Å². The van der Waals surface area contributed by atoms with E-state index in [-0.39, 0.29) is 6.85 Å². The standard InChI is InChI=1S/C18H22BN2/c1-14(2)15-9-10-20(3)18(11-15)19-12-16-7-5-6-8-17(16)13-21(19)4/h5-14H,1-4H3/q+1. The van der Waals surface area contributed by atoms with Gasteiger partial charge in [0.2, 0.25) is 0 Å². The van der Waals surface area contributed by atoms with Gasteiger partial charge in [0.1, 0.15) is 7.05 Å². The fourth-order valence-electron chi connectivity index (χ4n) is 2.92. The number of pyridine rings is 1. The van der Waals surface area contributed by atoms with Crippen LogP contribution in [0.25, 0.3) is 12.2 Å². The second kappa shape index (κ2) is 5.40. The normalized spacial score (nSPS) is 13.8. The Balaban J connectivity index is 2.13. The number of aryl methyl sites for hydroxylation is 1. The molecule has 0 bridgehead atoms. The van der Waals surface area contributed by atoms with E-state index in [0.717, 1.165) is 0 Å². The molecule has 0 fully saturated rings. The first kappa shape index (κ1) is 13.9. The van der Waals surface area contributed by atoms with Gasteiger partial charge in [-0.1, -0.05) is 44.1 Å². The van der Waals surface area contributed by atoms with Crippen LogP contribution >= 0.6 is 0 Å². The van der Waals surface area contributed by atoms with Crippen molar-refractivity contribution in [2.45, 2.75) is 19.8 Å². The molecule has 1 aromatic carbocycles. The highest BCUT2D eigenvalue weighted by atomic mass is 15.0. The van der Waals surface area contributed by atoms with Gasteiger partial charge in [-0.05, 0) is 35.2 Å². The van der Waals surface area contributed by atoms with E-state index in [1.807, 2.05) is 0 Å². The molecule has 2 aromatic rings. The number of aromatic nitrogens is 1.